The second kappa shape index (κ2) is 12.6. The van der Waals surface area contributed by atoms with Crippen LogP contribution in [0.1, 0.15) is 45.5 Å². The molecule has 178 valence electrons. The number of benzene rings is 1. The van der Waals surface area contributed by atoms with E-state index in [-0.39, 0.29) is 29.6 Å². The number of thioether (sulfide) groups is 1. The van der Waals surface area contributed by atoms with Crippen LogP contribution in [0.2, 0.25) is 0 Å². The van der Waals surface area contributed by atoms with E-state index in [9.17, 15) is 18.8 Å². The predicted octanol–water partition coefficient (Wildman–Crippen LogP) is 2.62. The first kappa shape index (κ1) is 25.0. The average Bonchev–Trinajstić information content (AvgIpc) is 3.30. The number of rotatable bonds is 11. The fourth-order valence-electron chi connectivity index (χ4n) is 3.71. The average molecular weight is 476 g/mol. The summed E-state index contributed by atoms with van der Waals surface area (Å²) in [5, 5.41) is 5.48. The van der Waals surface area contributed by atoms with Crippen LogP contribution in [-0.4, -0.2) is 54.2 Å². The molecule has 1 unspecified atom stereocenters. The summed E-state index contributed by atoms with van der Waals surface area (Å²) in [6.07, 6.45) is 8.00. The van der Waals surface area contributed by atoms with Crippen molar-refractivity contribution in [1.29, 1.82) is 0 Å². The van der Waals surface area contributed by atoms with Gasteiger partial charge in [0.1, 0.15) is 16.9 Å². The molecule has 0 radical (unpaired) electrons. The first-order valence-corrected chi connectivity index (χ1v) is 12.5. The van der Waals surface area contributed by atoms with Crippen LogP contribution in [0.5, 0.6) is 0 Å². The van der Waals surface area contributed by atoms with E-state index in [0.717, 1.165) is 30.6 Å². The number of nitrogens with one attached hydrogen (secondary N) is 2. The molecule has 1 aromatic heterocycles. The van der Waals surface area contributed by atoms with Gasteiger partial charge in [-0.1, -0.05) is 12.1 Å². The topological polar surface area (TPSA) is 89.4 Å². The third-order valence-corrected chi connectivity index (χ3v) is 6.10. The molecule has 7 nitrogen and oxygen atoms in total. The van der Waals surface area contributed by atoms with Gasteiger partial charge in [0.25, 0.3) is 11.8 Å². The van der Waals surface area contributed by atoms with E-state index in [1.165, 1.54) is 24.5 Å². The number of hydrogen-bond donors (Lipinski definition) is 2. The Bertz CT molecular complexity index is 1020. The minimum absolute atomic E-state index is 0.0196. The molecule has 33 heavy (non-hydrogen) atoms. The van der Waals surface area contributed by atoms with E-state index in [1.807, 2.05) is 6.26 Å². The van der Waals surface area contributed by atoms with Crippen molar-refractivity contribution in [2.45, 2.75) is 38.3 Å². The highest BCUT2D eigenvalue weighted by molar-refractivity contribution is 7.98. The van der Waals surface area contributed by atoms with E-state index >= 15 is 0 Å². The van der Waals surface area contributed by atoms with Crippen LogP contribution in [0.4, 0.5) is 4.39 Å². The van der Waals surface area contributed by atoms with Crippen LogP contribution in [0.3, 0.4) is 0 Å². The maximum absolute atomic E-state index is 13.4. The third-order valence-electron chi connectivity index (χ3n) is 5.41. The molecule has 1 saturated heterocycles. The van der Waals surface area contributed by atoms with E-state index in [4.69, 9.17) is 4.74 Å². The quantitative estimate of drug-likeness (QED) is 0.488. The van der Waals surface area contributed by atoms with E-state index in [1.54, 1.807) is 28.5 Å². The van der Waals surface area contributed by atoms with Crippen molar-refractivity contribution in [2.75, 3.05) is 31.7 Å². The summed E-state index contributed by atoms with van der Waals surface area (Å²) in [4.78, 5) is 38.5. The second-order valence-corrected chi connectivity index (χ2v) is 8.97. The Balaban J connectivity index is 1.74. The van der Waals surface area contributed by atoms with Gasteiger partial charge >= 0.3 is 0 Å². The van der Waals surface area contributed by atoms with Gasteiger partial charge in [-0.3, -0.25) is 14.4 Å². The van der Waals surface area contributed by atoms with Gasteiger partial charge in [0.15, 0.2) is 0 Å². The van der Waals surface area contributed by atoms with Crippen molar-refractivity contribution in [3.8, 4) is 0 Å². The SMILES string of the molecule is CSCCCNC(=O)c1cn(CC2CCCO2)cc(C(=O)NCCc2cccc(F)c2)c1=O. The van der Waals surface area contributed by atoms with Crippen molar-refractivity contribution < 1.29 is 18.7 Å². The Morgan fingerprint density at radius 1 is 1.18 bits per heavy atom. The molecular formula is C24H30FN3O4S. The van der Waals surface area contributed by atoms with Gasteiger partial charge in [-0.15, -0.1) is 0 Å². The molecule has 9 heteroatoms. The molecular weight excluding hydrogens is 445 g/mol. The van der Waals surface area contributed by atoms with Crippen molar-refractivity contribution in [2.24, 2.45) is 0 Å². The molecule has 1 fully saturated rings. The molecule has 0 saturated carbocycles. The fraction of sp³-hybridized carbons (Fsp3) is 0.458. The molecule has 1 aromatic carbocycles. The summed E-state index contributed by atoms with van der Waals surface area (Å²) < 4.78 is 20.7. The van der Waals surface area contributed by atoms with Gasteiger partial charge in [-0.25, -0.2) is 4.39 Å². The standard InChI is InChI=1S/C24H30FN3O4S/c1-33-12-4-9-26-23(30)20-15-28(14-19-7-3-11-32-19)16-21(22(20)29)24(31)27-10-8-17-5-2-6-18(25)13-17/h2,5-6,13,15-16,19H,3-4,7-12,14H2,1H3,(H,26,30)(H,27,31). The van der Waals surface area contributed by atoms with Crippen LogP contribution >= 0.6 is 11.8 Å². The summed E-state index contributed by atoms with van der Waals surface area (Å²) in [6, 6.07) is 6.14. The lowest BCUT2D eigenvalue weighted by Crippen LogP contribution is -2.36. The second-order valence-electron chi connectivity index (χ2n) is 7.98. The minimum atomic E-state index is -0.607. The normalized spacial score (nSPS) is 15.4. The lowest BCUT2D eigenvalue weighted by atomic mass is 10.1. The van der Waals surface area contributed by atoms with Crippen molar-refractivity contribution in [1.82, 2.24) is 15.2 Å². The Morgan fingerprint density at radius 2 is 1.91 bits per heavy atom. The monoisotopic (exact) mass is 475 g/mol. The molecule has 1 aliphatic heterocycles. The maximum Gasteiger partial charge on any atom is 0.256 e. The summed E-state index contributed by atoms with van der Waals surface area (Å²) in [5.41, 5.74) is -0.0207. The van der Waals surface area contributed by atoms with Crippen molar-refractivity contribution >= 4 is 23.6 Å². The molecule has 1 aliphatic rings. The lowest BCUT2D eigenvalue weighted by molar-refractivity contribution is 0.0926. The molecule has 0 bridgehead atoms. The lowest BCUT2D eigenvalue weighted by Gasteiger charge is -2.16. The molecule has 2 N–H and O–H groups in total. The molecule has 3 rings (SSSR count). The third kappa shape index (κ3) is 7.43. The summed E-state index contributed by atoms with van der Waals surface area (Å²) in [6.45, 7) is 1.82. The molecule has 2 amide bonds. The van der Waals surface area contributed by atoms with Crippen molar-refractivity contribution in [3.63, 3.8) is 0 Å². The van der Waals surface area contributed by atoms with Gasteiger partial charge in [0.05, 0.1) is 6.10 Å². The fourth-order valence-corrected chi connectivity index (χ4v) is 4.14. The Morgan fingerprint density at radius 3 is 2.55 bits per heavy atom. The summed E-state index contributed by atoms with van der Waals surface area (Å²) in [7, 11) is 0. The van der Waals surface area contributed by atoms with Crippen LogP contribution < -0.4 is 16.1 Å². The largest absolute Gasteiger partial charge is 0.376 e. The first-order chi connectivity index (χ1) is 16.0. The van der Waals surface area contributed by atoms with E-state index in [2.05, 4.69) is 10.6 Å². The van der Waals surface area contributed by atoms with Crippen molar-refractivity contribution in [3.05, 3.63) is 69.4 Å². The maximum atomic E-state index is 13.4. The zero-order valence-corrected chi connectivity index (χ0v) is 19.6. The van der Waals surface area contributed by atoms with Gasteiger partial charge < -0.3 is 19.9 Å². The smallest absolute Gasteiger partial charge is 0.256 e. The molecule has 2 aromatic rings. The Hall–Kier alpha value is -2.65. The number of hydrogen-bond acceptors (Lipinski definition) is 5. The molecule has 2 heterocycles. The molecule has 0 aliphatic carbocycles. The zero-order chi connectivity index (χ0) is 23.6. The van der Waals surface area contributed by atoms with Crippen LogP contribution in [0, 0.1) is 5.82 Å². The number of halogens is 1. The highest BCUT2D eigenvalue weighted by Gasteiger charge is 2.21. The van der Waals surface area contributed by atoms with Gasteiger partial charge in [-0.2, -0.15) is 11.8 Å². The highest BCUT2D eigenvalue weighted by atomic mass is 32.2. The van der Waals surface area contributed by atoms with Gasteiger partial charge in [0, 0.05) is 38.6 Å². The Kier molecular flexibility index (Phi) is 9.50. The summed E-state index contributed by atoms with van der Waals surface area (Å²) >= 11 is 1.68. The number of pyridine rings is 1. The Labute approximate surface area is 197 Å². The number of ether oxygens (including phenoxy) is 1. The summed E-state index contributed by atoms with van der Waals surface area (Å²) in [5.74, 6) is -0.490. The number of aromatic nitrogens is 1. The zero-order valence-electron chi connectivity index (χ0n) is 18.8. The first-order valence-electron chi connectivity index (χ1n) is 11.1. The van der Waals surface area contributed by atoms with Gasteiger partial charge in [0.2, 0.25) is 5.43 Å². The predicted molar refractivity (Wildman–Crippen MR) is 127 cm³/mol. The van der Waals surface area contributed by atoms with Gasteiger partial charge in [-0.05, 0) is 55.4 Å². The van der Waals surface area contributed by atoms with E-state index < -0.39 is 17.2 Å². The highest BCUT2D eigenvalue weighted by Crippen LogP contribution is 2.14. The minimum Gasteiger partial charge on any atom is -0.376 e. The number of amides is 2. The van der Waals surface area contributed by atoms with E-state index in [0.29, 0.717) is 26.1 Å². The number of carbonyl (C=O) groups is 2. The van der Waals surface area contributed by atoms with Crippen LogP contribution in [0.15, 0.2) is 41.5 Å². The molecule has 0 spiro atoms. The number of nitrogens with zero attached hydrogens (tertiary/aromatic N) is 1. The molecule has 1 atom stereocenters. The van der Waals surface area contributed by atoms with Crippen LogP contribution in [0.25, 0.3) is 0 Å². The van der Waals surface area contributed by atoms with Crippen LogP contribution in [-0.2, 0) is 17.7 Å². The number of carbonyl (C=O) groups excluding carboxylic acids is 2.